The number of ether oxygens (including phenoxy) is 2. The van der Waals surface area contributed by atoms with E-state index in [9.17, 15) is 14.7 Å². The second kappa shape index (κ2) is 12.4. The third-order valence-electron chi connectivity index (χ3n) is 8.15. The molecule has 2 unspecified atom stereocenters. The highest BCUT2D eigenvalue weighted by Crippen LogP contribution is 2.33. The third-order valence-corrected chi connectivity index (χ3v) is 8.15. The number of likely N-dealkylation sites (N-methyl/N-ethyl adjacent to an activating group) is 1. The first-order valence-electron chi connectivity index (χ1n) is 14.8. The van der Waals surface area contributed by atoms with E-state index in [0.29, 0.717) is 31.1 Å². The smallest absolute Gasteiger partial charge is 0.410 e. The van der Waals surface area contributed by atoms with Crippen LogP contribution in [0, 0.1) is 0 Å². The zero-order chi connectivity index (χ0) is 29.1. The van der Waals surface area contributed by atoms with E-state index in [0.717, 1.165) is 56.3 Å². The fourth-order valence-corrected chi connectivity index (χ4v) is 5.66. The number of nitrogens with zero attached hydrogens (tertiary/aromatic N) is 5. The Morgan fingerprint density at radius 2 is 1.63 bits per heavy atom. The van der Waals surface area contributed by atoms with Gasteiger partial charge in [-0.25, -0.2) is 14.8 Å². The summed E-state index contributed by atoms with van der Waals surface area (Å²) in [5, 5.41) is 10.9. The second-order valence-corrected chi connectivity index (χ2v) is 12.5. The molecule has 222 valence electrons. The number of carbonyl (C=O) groups is 2. The van der Waals surface area contributed by atoms with Gasteiger partial charge in [0.1, 0.15) is 11.8 Å². The van der Waals surface area contributed by atoms with E-state index in [1.165, 1.54) is 0 Å². The lowest BCUT2D eigenvalue weighted by Crippen LogP contribution is -2.50. The maximum atomic E-state index is 13.6. The summed E-state index contributed by atoms with van der Waals surface area (Å²) in [7, 11) is 1.92. The van der Waals surface area contributed by atoms with E-state index >= 15 is 0 Å². The summed E-state index contributed by atoms with van der Waals surface area (Å²) >= 11 is 0. The standard InChI is InChI=1S/C31H43N5O5/c1-31(2,3)41-30(39)35-15-13-25(14-16-35)36(24-11-12-24)29(38)23-18-32-27(33-19-23)21-7-9-22(10-8-21)28(37)34(4)26-6-5-17-40-20-26/h7-10,18-19,24-26,28,37H,5-6,11-17,20H2,1-4H3. The Balaban J connectivity index is 1.20. The van der Waals surface area contributed by atoms with Gasteiger partial charge in [0.05, 0.1) is 12.2 Å². The van der Waals surface area contributed by atoms with Crippen LogP contribution in [-0.2, 0) is 9.47 Å². The minimum atomic E-state index is -0.721. The highest BCUT2D eigenvalue weighted by molar-refractivity contribution is 5.94. The minimum Gasteiger partial charge on any atom is -0.444 e. The van der Waals surface area contributed by atoms with Crippen molar-refractivity contribution in [3.63, 3.8) is 0 Å². The van der Waals surface area contributed by atoms with Gasteiger partial charge in [0, 0.05) is 55.8 Å². The molecule has 2 atom stereocenters. The van der Waals surface area contributed by atoms with Gasteiger partial charge in [-0.15, -0.1) is 0 Å². The molecule has 2 saturated heterocycles. The molecule has 3 fully saturated rings. The zero-order valence-electron chi connectivity index (χ0n) is 24.7. The molecule has 3 aliphatic rings. The Bertz CT molecular complexity index is 1180. The highest BCUT2D eigenvalue weighted by atomic mass is 16.6. The molecule has 1 aromatic carbocycles. The maximum Gasteiger partial charge on any atom is 0.410 e. The molecule has 1 aromatic heterocycles. The van der Waals surface area contributed by atoms with Crippen LogP contribution in [0.25, 0.3) is 11.4 Å². The molecule has 0 spiro atoms. The average molecular weight is 566 g/mol. The number of aliphatic hydroxyl groups excluding tert-OH is 1. The summed E-state index contributed by atoms with van der Waals surface area (Å²) in [4.78, 5) is 40.8. The van der Waals surface area contributed by atoms with Crippen LogP contribution in [0.2, 0.25) is 0 Å². The molecule has 0 bridgehead atoms. The van der Waals surface area contributed by atoms with Crippen molar-refractivity contribution in [2.75, 3.05) is 33.4 Å². The average Bonchev–Trinajstić information content (AvgIpc) is 3.82. The molecule has 10 nitrogen and oxygen atoms in total. The van der Waals surface area contributed by atoms with Crippen molar-refractivity contribution >= 4 is 12.0 Å². The number of benzene rings is 1. The van der Waals surface area contributed by atoms with Crippen molar-refractivity contribution in [2.45, 2.75) is 89.3 Å². The molecular weight excluding hydrogens is 522 g/mol. The predicted molar refractivity (Wildman–Crippen MR) is 154 cm³/mol. The molecule has 41 heavy (non-hydrogen) atoms. The molecule has 1 aliphatic carbocycles. The van der Waals surface area contributed by atoms with Gasteiger partial charge in [0.15, 0.2) is 5.82 Å². The van der Waals surface area contributed by atoms with Crippen LogP contribution >= 0.6 is 0 Å². The molecule has 1 N–H and O–H groups in total. The van der Waals surface area contributed by atoms with Crippen LogP contribution < -0.4 is 0 Å². The van der Waals surface area contributed by atoms with Crippen LogP contribution in [0.1, 0.15) is 81.4 Å². The van der Waals surface area contributed by atoms with E-state index in [1.54, 1.807) is 17.3 Å². The number of aromatic nitrogens is 2. The number of rotatable bonds is 7. The number of piperidine rings is 1. The quantitative estimate of drug-likeness (QED) is 0.497. The van der Waals surface area contributed by atoms with Crippen molar-refractivity contribution in [3.05, 3.63) is 47.8 Å². The van der Waals surface area contributed by atoms with Gasteiger partial charge in [0.2, 0.25) is 0 Å². The first-order chi connectivity index (χ1) is 19.6. The summed E-state index contributed by atoms with van der Waals surface area (Å²) in [6.07, 6.45) is 7.65. The summed E-state index contributed by atoms with van der Waals surface area (Å²) in [5.41, 5.74) is 1.56. The van der Waals surface area contributed by atoms with Crippen molar-refractivity contribution in [1.82, 2.24) is 24.7 Å². The van der Waals surface area contributed by atoms with Crippen LogP contribution in [0.3, 0.4) is 0 Å². The monoisotopic (exact) mass is 565 g/mol. The lowest BCUT2D eigenvalue weighted by Gasteiger charge is -2.39. The third kappa shape index (κ3) is 7.23. The second-order valence-electron chi connectivity index (χ2n) is 12.5. The number of amides is 2. The van der Waals surface area contributed by atoms with Gasteiger partial charge >= 0.3 is 6.09 Å². The topological polar surface area (TPSA) is 108 Å². The van der Waals surface area contributed by atoms with Crippen LogP contribution in [0.5, 0.6) is 0 Å². The van der Waals surface area contributed by atoms with E-state index in [-0.39, 0.29) is 30.1 Å². The SMILES string of the molecule is CN(C1CCCOC1)C(O)c1ccc(-c2ncc(C(=O)N(C3CC3)C3CCN(C(=O)OC(C)(C)C)CC3)cn2)cc1. The Morgan fingerprint density at radius 3 is 2.20 bits per heavy atom. The van der Waals surface area contributed by atoms with Gasteiger partial charge < -0.3 is 24.4 Å². The molecular formula is C31H43N5O5. The van der Waals surface area contributed by atoms with Crippen molar-refractivity contribution in [3.8, 4) is 11.4 Å². The van der Waals surface area contributed by atoms with Crippen molar-refractivity contribution < 1.29 is 24.2 Å². The Kier molecular flexibility index (Phi) is 8.91. The normalized spacial score (nSPS) is 21.0. The van der Waals surface area contributed by atoms with E-state index in [1.807, 2.05) is 61.9 Å². The van der Waals surface area contributed by atoms with E-state index in [4.69, 9.17) is 9.47 Å². The van der Waals surface area contributed by atoms with Crippen LogP contribution in [0.4, 0.5) is 4.79 Å². The van der Waals surface area contributed by atoms with Gasteiger partial charge in [-0.1, -0.05) is 24.3 Å². The highest BCUT2D eigenvalue weighted by Gasteiger charge is 2.40. The van der Waals surface area contributed by atoms with Crippen LogP contribution in [-0.4, -0.2) is 98.9 Å². The van der Waals surface area contributed by atoms with Crippen molar-refractivity contribution in [2.24, 2.45) is 0 Å². The summed E-state index contributed by atoms with van der Waals surface area (Å²) < 4.78 is 11.1. The Hall–Kier alpha value is -3.08. The van der Waals surface area contributed by atoms with Gasteiger partial charge in [-0.2, -0.15) is 0 Å². The molecule has 2 amide bonds. The molecule has 2 aliphatic heterocycles. The molecule has 0 radical (unpaired) electrons. The predicted octanol–water partition coefficient (Wildman–Crippen LogP) is 4.25. The molecule has 10 heteroatoms. The molecule has 1 saturated carbocycles. The maximum absolute atomic E-state index is 13.6. The first-order valence-corrected chi connectivity index (χ1v) is 14.8. The summed E-state index contributed by atoms with van der Waals surface area (Å²) in [5.74, 6) is 0.475. The number of hydrogen-bond donors (Lipinski definition) is 1. The van der Waals surface area contributed by atoms with Gasteiger partial charge in [-0.3, -0.25) is 9.69 Å². The Morgan fingerprint density at radius 1 is 1.00 bits per heavy atom. The first kappa shape index (κ1) is 29.4. The lowest BCUT2D eigenvalue weighted by atomic mass is 10.0. The van der Waals surface area contributed by atoms with Gasteiger partial charge in [0.25, 0.3) is 5.91 Å². The number of likely N-dealkylation sites (tertiary alicyclic amines) is 1. The van der Waals surface area contributed by atoms with Crippen molar-refractivity contribution in [1.29, 1.82) is 0 Å². The number of hydrogen-bond acceptors (Lipinski definition) is 8. The summed E-state index contributed by atoms with van der Waals surface area (Å²) in [6, 6.07) is 8.08. The molecule has 5 rings (SSSR count). The van der Waals surface area contributed by atoms with Crippen LogP contribution in [0.15, 0.2) is 36.7 Å². The van der Waals surface area contributed by atoms with E-state index in [2.05, 4.69) is 9.97 Å². The Labute approximate surface area is 242 Å². The molecule has 3 heterocycles. The largest absolute Gasteiger partial charge is 0.444 e. The number of aliphatic hydroxyl groups is 1. The molecule has 2 aromatic rings. The van der Waals surface area contributed by atoms with E-state index < -0.39 is 11.8 Å². The lowest BCUT2D eigenvalue weighted by molar-refractivity contribution is -0.0556. The minimum absolute atomic E-state index is 0.0528. The zero-order valence-corrected chi connectivity index (χ0v) is 24.7. The number of carbonyl (C=O) groups excluding carboxylic acids is 2. The fourth-order valence-electron chi connectivity index (χ4n) is 5.66. The summed E-state index contributed by atoms with van der Waals surface area (Å²) in [6.45, 7) is 8.16. The van der Waals surface area contributed by atoms with Gasteiger partial charge in [-0.05, 0) is 71.9 Å². The fraction of sp³-hybridized carbons (Fsp3) is 0.613.